The molecular formula is C11H15N5O2S2. The zero-order valence-electron chi connectivity index (χ0n) is 11.1. The molecule has 9 heteroatoms. The zero-order valence-corrected chi connectivity index (χ0v) is 12.8. The summed E-state index contributed by atoms with van der Waals surface area (Å²) in [5, 5.41) is 10.4. The van der Waals surface area contributed by atoms with Crippen molar-refractivity contribution in [1.29, 1.82) is 0 Å². The number of aromatic nitrogens is 3. The summed E-state index contributed by atoms with van der Waals surface area (Å²) in [6, 6.07) is 1.65. The summed E-state index contributed by atoms with van der Waals surface area (Å²) in [6.45, 7) is 5.39. The molecule has 0 fully saturated rings. The molecule has 0 aliphatic carbocycles. The van der Waals surface area contributed by atoms with Gasteiger partial charge in [-0.15, -0.1) is 16.4 Å². The molecule has 0 atom stereocenters. The fourth-order valence-electron chi connectivity index (χ4n) is 1.50. The number of rotatable bonds is 6. The van der Waals surface area contributed by atoms with E-state index >= 15 is 0 Å². The molecule has 2 rings (SSSR count). The highest BCUT2D eigenvalue weighted by atomic mass is 32.2. The van der Waals surface area contributed by atoms with Gasteiger partial charge in [-0.3, -0.25) is 0 Å². The van der Waals surface area contributed by atoms with Gasteiger partial charge in [-0.05, 0) is 25.1 Å². The molecule has 0 aliphatic heterocycles. The molecule has 2 heterocycles. The van der Waals surface area contributed by atoms with E-state index in [0.717, 1.165) is 17.0 Å². The van der Waals surface area contributed by atoms with E-state index in [-0.39, 0.29) is 10.2 Å². The van der Waals surface area contributed by atoms with Gasteiger partial charge in [-0.1, -0.05) is 6.92 Å². The summed E-state index contributed by atoms with van der Waals surface area (Å²) in [5.74, 6) is -0.0354. The van der Waals surface area contributed by atoms with Crippen molar-refractivity contribution in [3.8, 4) is 0 Å². The average Bonchev–Trinajstić information content (AvgIpc) is 2.79. The molecule has 0 saturated carbocycles. The average molecular weight is 313 g/mol. The number of sulfonamides is 1. The van der Waals surface area contributed by atoms with Gasteiger partial charge in [-0.2, -0.15) is 5.10 Å². The normalized spacial score (nSPS) is 11.5. The highest BCUT2D eigenvalue weighted by molar-refractivity contribution is 7.94. The van der Waals surface area contributed by atoms with Gasteiger partial charge in [0, 0.05) is 11.4 Å². The van der Waals surface area contributed by atoms with Crippen LogP contribution in [0.5, 0.6) is 0 Å². The van der Waals surface area contributed by atoms with Crippen LogP contribution in [-0.2, 0) is 16.6 Å². The Balaban J connectivity index is 2.21. The summed E-state index contributed by atoms with van der Waals surface area (Å²) in [5.41, 5.74) is 0.948. The maximum Gasteiger partial charge on any atom is 0.273 e. The van der Waals surface area contributed by atoms with E-state index in [1.54, 1.807) is 6.07 Å². The van der Waals surface area contributed by atoms with Gasteiger partial charge >= 0.3 is 0 Å². The van der Waals surface area contributed by atoms with E-state index in [4.69, 9.17) is 0 Å². The van der Waals surface area contributed by atoms with Crippen molar-refractivity contribution in [2.45, 2.75) is 24.6 Å². The molecular weight excluding hydrogens is 298 g/mol. The minimum absolute atomic E-state index is 0.0354. The number of hydrogen-bond acceptors (Lipinski definition) is 7. The van der Waals surface area contributed by atoms with Crippen molar-refractivity contribution < 1.29 is 8.42 Å². The van der Waals surface area contributed by atoms with Crippen molar-refractivity contribution in [1.82, 2.24) is 20.5 Å². The standard InChI is InChI=1S/C11H15N5O2S2/c1-3-12-7-9-8(2)6-10(19-9)20(17,18)16-11-13-4-5-14-15-11/h4-6,12H,3,7H2,1-2H3,(H,13,15,16). The molecule has 108 valence electrons. The fraction of sp³-hybridized carbons (Fsp3) is 0.364. The molecule has 2 aromatic heterocycles. The zero-order chi connectivity index (χ0) is 14.6. The Morgan fingerprint density at radius 3 is 2.80 bits per heavy atom. The lowest BCUT2D eigenvalue weighted by molar-refractivity contribution is 0.602. The number of thiophene rings is 1. The first kappa shape index (κ1) is 14.8. The highest BCUT2D eigenvalue weighted by Crippen LogP contribution is 2.26. The quantitative estimate of drug-likeness (QED) is 0.830. The van der Waals surface area contributed by atoms with E-state index in [0.29, 0.717) is 6.54 Å². The minimum atomic E-state index is -3.66. The first-order valence-electron chi connectivity index (χ1n) is 5.99. The lowest BCUT2D eigenvalue weighted by Crippen LogP contribution is -2.14. The summed E-state index contributed by atoms with van der Waals surface area (Å²) >= 11 is 1.24. The topological polar surface area (TPSA) is 96.9 Å². The van der Waals surface area contributed by atoms with Crippen LogP contribution in [0.2, 0.25) is 0 Å². The number of aryl methyl sites for hydroxylation is 1. The van der Waals surface area contributed by atoms with Gasteiger partial charge in [0.2, 0.25) is 0 Å². The van der Waals surface area contributed by atoms with Gasteiger partial charge in [0.15, 0.2) is 0 Å². The van der Waals surface area contributed by atoms with Crippen molar-refractivity contribution in [2.75, 3.05) is 11.3 Å². The molecule has 0 unspecified atom stereocenters. The maximum atomic E-state index is 12.2. The Labute approximate surface area is 121 Å². The predicted molar refractivity (Wildman–Crippen MR) is 77.1 cm³/mol. The molecule has 0 spiro atoms. The lowest BCUT2D eigenvalue weighted by atomic mass is 10.3. The summed E-state index contributed by atoms with van der Waals surface area (Å²) < 4.78 is 27.0. The number of nitrogens with one attached hydrogen (secondary N) is 2. The number of anilines is 1. The van der Waals surface area contributed by atoms with Crippen molar-refractivity contribution in [3.05, 3.63) is 28.9 Å². The van der Waals surface area contributed by atoms with E-state index in [2.05, 4.69) is 25.2 Å². The molecule has 2 N–H and O–H groups in total. The number of hydrogen-bond donors (Lipinski definition) is 2. The first-order valence-corrected chi connectivity index (χ1v) is 8.29. The minimum Gasteiger partial charge on any atom is -0.312 e. The summed E-state index contributed by atoms with van der Waals surface area (Å²) in [6.07, 6.45) is 2.75. The van der Waals surface area contributed by atoms with E-state index in [1.807, 2.05) is 13.8 Å². The summed E-state index contributed by atoms with van der Waals surface area (Å²) in [4.78, 5) is 4.80. The SMILES string of the molecule is CCNCc1sc(S(=O)(=O)Nc2nccnn2)cc1C. The van der Waals surface area contributed by atoms with E-state index < -0.39 is 10.0 Å². The van der Waals surface area contributed by atoms with Gasteiger partial charge in [-0.25, -0.2) is 18.1 Å². The molecule has 0 radical (unpaired) electrons. The molecule has 0 saturated heterocycles. The van der Waals surface area contributed by atoms with Gasteiger partial charge < -0.3 is 5.32 Å². The van der Waals surface area contributed by atoms with Crippen molar-refractivity contribution >= 4 is 27.3 Å². The second-order valence-electron chi connectivity index (χ2n) is 4.02. The lowest BCUT2D eigenvalue weighted by Gasteiger charge is -2.02. The van der Waals surface area contributed by atoms with Crippen LogP contribution in [-0.4, -0.2) is 30.1 Å². The Morgan fingerprint density at radius 2 is 2.15 bits per heavy atom. The monoisotopic (exact) mass is 313 g/mol. The third-order valence-electron chi connectivity index (χ3n) is 2.51. The molecule has 0 aromatic carbocycles. The second kappa shape index (κ2) is 6.25. The van der Waals surface area contributed by atoms with Crippen LogP contribution in [0.4, 0.5) is 5.95 Å². The highest BCUT2D eigenvalue weighted by Gasteiger charge is 2.20. The van der Waals surface area contributed by atoms with Crippen LogP contribution in [0.3, 0.4) is 0 Å². The Bertz CT molecular complexity index is 669. The molecule has 7 nitrogen and oxygen atoms in total. The first-order chi connectivity index (χ1) is 9.53. The second-order valence-corrected chi connectivity index (χ2v) is 7.07. The third kappa shape index (κ3) is 3.50. The van der Waals surface area contributed by atoms with Crippen molar-refractivity contribution in [3.63, 3.8) is 0 Å². The fourth-order valence-corrected chi connectivity index (χ4v) is 4.00. The predicted octanol–water partition coefficient (Wildman–Crippen LogP) is 1.15. The van der Waals surface area contributed by atoms with E-state index in [9.17, 15) is 8.42 Å². The Hall–Kier alpha value is -1.58. The van der Waals surface area contributed by atoms with Gasteiger partial charge in [0.05, 0.1) is 12.4 Å². The van der Waals surface area contributed by atoms with Crippen molar-refractivity contribution in [2.24, 2.45) is 0 Å². The van der Waals surface area contributed by atoms with E-state index in [1.165, 1.54) is 23.7 Å². The maximum absolute atomic E-state index is 12.2. The van der Waals surface area contributed by atoms with Crippen LogP contribution in [0.25, 0.3) is 0 Å². The van der Waals surface area contributed by atoms with Gasteiger partial charge in [0.1, 0.15) is 4.21 Å². The summed E-state index contributed by atoms with van der Waals surface area (Å²) in [7, 11) is -3.66. The van der Waals surface area contributed by atoms with Crippen LogP contribution in [0, 0.1) is 6.92 Å². The molecule has 2 aromatic rings. The molecule has 20 heavy (non-hydrogen) atoms. The Kier molecular flexibility index (Phi) is 4.63. The molecule has 0 bridgehead atoms. The van der Waals surface area contributed by atoms with Crippen LogP contribution < -0.4 is 10.0 Å². The largest absolute Gasteiger partial charge is 0.312 e. The van der Waals surface area contributed by atoms with Crippen LogP contribution >= 0.6 is 11.3 Å². The molecule has 0 aliphatic rings. The smallest absolute Gasteiger partial charge is 0.273 e. The number of nitrogens with zero attached hydrogens (tertiary/aromatic N) is 3. The molecule has 0 amide bonds. The van der Waals surface area contributed by atoms with Crippen LogP contribution in [0.1, 0.15) is 17.4 Å². The Morgan fingerprint density at radius 1 is 1.35 bits per heavy atom. The third-order valence-corrected chi connectivity index (χ3v) is 5.55. The van der Waals surface area contributed by atoms with Gasteiger partial charge in [0.25, 0.3) is 16.0 Å². The van der Waals surface area contributed by atoms with Crippen LogP contribution in [0.15, 0.2) is 22.7 Å².